The van der Waals surface area contributed by atoms with Gasteiger partial charge in [0, 0.05) is 5.69 Å². The first-order valence-corrected chi connectivity index (χ1v) is 6.80. The predicted octanol–water partition coefficient (Wildman–Crippen LogP) is 0.491. The van der Waals surface area contributed by atoms with Crippen LogP contribution in [-0.4, -0.2) is 77.8 Å². The van der Waals surface area contributed by atoms with Crippen LogP contribution in [0, 0.1) is 6.92 Å². The van der Waals surface area contributed by atoms with Crippen LogP contribution < -0.4 is 5.73 Å². The van der Waals surface area contributed by atoms with Gasteiger partial charge in [0.15, 0.2) is 0 Å². The maximum absolute atomic E-state index is 10.5. The van der Waals surface area contributed by atoms with Crippen molar-refractivity contribution in [1.82, 2.24) is 0 Å². The van der Waals surface area contributed by atoms with E-state index in [1.165, 1.54) is 0 Å². The third-order valence-corrected chi connectivity index (χ3v) is 3.33. The van der Waals surface area contributed by atoms with E-state index >= 15 is 0 Å². The Kier molecular flexibility index (Phi) is 11.5. The summed E-state index contributed by atoms with van der Waals surface area (Å²) in [6.07, 6.45) is 1.90. The molecule has 0 unspecified atom stereocenters. The molecule has 7 heteroatoms. The van der Waals surface area contributed by atoms with Gasteiger partial charge in [-0.2, -0.15) is 8.42 Å². The van der Waals surface area contributed by atoms with Gasteiger partial charge >= 0.3 is 59.1 Å². The van der Waals surface area contributed by atoms with Crippen LogP contribution in [0.5, 0.6) is 0 Å². The first-order chi connectivity index (χ1) is 7.40. The van der Waals surface area contributed by atoms with Gasteiger partial charge in [-0.1, -0.05) is 12.1 Å². The molecule has 0 atom stereocenters. The molecule has 0 aliphatic rings. The van der Waals surface area contributed by atoms with E-state index in [0.717, 1.165) is 23.2 Å². The Morgan fingerprint density at radius 1 is 1.22 bits per heavy atom. The monoisotopic (exact) mass is 291 g/mol. The normalized spacial score (nSPS) is 10.3. The molecule has 0 fully saturated rings. The molecule has 0 aliphatic heterocycles. The molecular formula is C11H19NNa2O3S. The molecule has 0 bridgehead atoms. The van der Waals surface area contributed by atoms with Crippen molar-refractivity contribution in [2.75, 3.05) is 11.5 Å². The van der Waals surface area contributed by atoms with Crippen LogP contribution in [0.2, 0.25) is 0 Å². The van der Waals surface area contributed by atoms with Crippen LogP contribution in [0.15, 0.2) is 18.2 Å². The molecule has 0 saturated carbocycles. The second kappa shape index (κ2) is 9.77. The summed E-state index contributed by atoms with van der Waals surface area (Å²) >= 11 is 0. The van der Waals surface area contributed by atoms with Gasteiger partial charge in [-0.25, -0.2) is 0 Å². The van der Waals surface area contributed by atoms with Crippen molar-refractivity contribution in [2.24, 2.45) is 0 Å². The summed E-state index contributed by atoms with van der Waals surface area (Å²) in [5, 5.41) is 0. The second-order valence-electron chi connectivity index (χ2n) is 3.89. The number of nitrogens with two attached hydrogens (primary N) is 1. The standard InChI is InChI=1S/C11H17NO3S.2Na.2H/c1-9-5-4-7-11(12)10(9)6-2-3-8-16(13,14)15;;;;/h4-5,7H,2-3,6,8,12H2,1H3,(H,13,14,15);;;;. The molecule has 0 spiro atoms. The topological polar surface area (TPSA) is 80.4 Å². The van der Waals surface area contributed by atoms with Crippen molar-refractivity contribution in [2.45, 2.75) is 26.2 Å². The third kappa shape index (κ3) is 8.17. The zero-order valence-corrected chi connectivity index (χ0v) is 10.1. The molecule has 94 valence electrons. The number of nitrogen functional groups attached to an aromatic ring is 1. The van der Waals surface area contributed by atoms with E-state index in [0.29, 0.717) is 12.8 Å². The summed E-state index contributed by atoms with van der Waals surface area (Å²) in [5.74, 6) is -0.182. The summed E-state index contributed by atoms with van der Waals surface area (Å²) in [7, 11) is -3.83. The average Bonchev–Trinajstić information content (AvgIpc) is 2.14. The van der Waals surface area contributed by atoms with E-state index < -0.39 is 10.1 Å². The number of hydrogen-bond donors (Lipinski definition) is 2. The molecule has 18 heavy (non-hydrogen) atoms. The van der Waals surface area contributed by atoms with Gasteiger partial charge in [0.1, 0.15) is 0 Å². The van der Waals surface area contributed by atoms with E-state index in [1.54, 1.807) is 0 Å². The Bertz CT molecular complexity index is 443. The first kappa shape index (κ1) is 21.2. The van der Waals surface area contributed by atoms with Crippen LogP contribution in [0.25, 0.3) is 0 Å². The Hall–Kier alpha value is 0.930. The minimum atomic E-state index is -3.83. The molecule has 0 radical (unpaired) electrons. The number of rotatable bonds is 5. The second-order valence-corrected chi connectivity index (χ2v) is 5.46. The minimum absolute atomic E-state index is 0. The molecule has 0 aliphatic carbocycles. The van der Waals surface area contributed by atoms with Crippen LogP contribution in [-0.2, 0) is 16.5 Å². The summed E-state index contributed by atoms with van der Waals surface area (Å²) in [6.45, 7) is 1.98. The Balaban J connectivity index is 0. The fourth-order valence-corrected chi connectivity index (χ4v) is 2.22. The van der Waals surface area contributed by atoms with Crippen molar-refractivity contribution in [3.63, 3.8) is 0 Å². The average molecular weight is 291 g/mol. The van der Waals surface area contributed by atoms with Crippen molar-refractivity contribution in [3.8, 4) is 0 Å². The molecule has 3 N–H and O–H groups in total. The van der Waals surface area contributed by atoms with Gasteiger partial charge in [0.2, 0.25) is 0 Å². The molecule has 1 rings (SSSR count). The van der Waals surface area contributed by atoms with E-state index in [4.69, 9.17) is 10.3 Å². The van der Waals surface area contributed by atoms with E-state index in [2.05, 4.69) is 0 Å². The SMILES string of the molecule is Cc1cccc(N)c1CCCCS(=O)(=O)O.[NaH].[NaH]. The van der Waals surface area contributed by atoms with Gasteiger partial charge < -0.3 is 5.73 Å². The third-order valence-electron chi connectivity index (χ3n) is 2.53. The van der Waals surface area contributed by atoms with Crippen LogP contribution >= 0.6 is 0 Å². The number of benzene rings is 1. The van der Waals surface area contributed by atoms with Gasteiger partial charge in [-0.05, 0) is 43.4 Å². The molecule has 1 aromatic rings. The van der Waals surface area contributed by atoms with Crippen molar-refractivity contribution >= 4 is 74.9 Å². The predicted molar refractivity (Wildman–Crippen MR) is 79.2 cm³/mol. The van der Waals surface area contributed by atoms with Gasteiger partial charge in [0.25, 0.3) is 10.1 Å². The first-order valence-electron chi connectivity index (χ1n) is 5.19. The number of unbranched alkanes of at least 4 members (excludes halogenated alkanes) is 1. The fourth-order valence-electron chi connectivity index (χ4n) is 1.65. The molecule has 0 heterocycles. The van der Waals surface area contributed by atoms with Gasteiger partial charge in [-0.15, -0.1) is 0 Å². The zero-order valence-electron chi connectivity index (χ0n) is 9.31. The van der Waals surface area contributed by atoms with Crippen molar-refractivity contribution in [1.29, 1.82) is 0 Å². The zero-order chi connectivity index (χ0) is 12.2. The van der Waals surface area contributed by atoms with Crippen LogP contribution in [0.3, 0.4) is 0 Å². The molecule has 1 aromatic carbocycles. The van der Waals surface area contributed by atoms with Crippen LogP contribution in [0.4, 0.5) is 5.69 Å². The van der Waals surface area contributed by atoms with E-state index in [1.807, 2.05) is 25.1 Å². The van der Waals surface area contributed by atoms with E-state index in [-0.39, 0.29) is 64.9 Å². The maximum atomic E-state index is 10.5. The molecule has 0 saturated heterocycles. The molecule has 4 nitrogen and oxygen atoms in total. The number of aryl methyl sites for hydroxylation is 1. The Morgan fingerprint density at radius 3 is 2.33 bits per heavy atom. The van der Waals surface area contributed by atoms with E-state index in [9.17, 15) is 8.42 Å². The van der Waals surface area contributed by atoms with Gasteiger partial charge in [0.05, 0.1) is 5.75 Å². The van der Waals surface area contributed by atoms with Crippen LogP contribution in [0.1, 0.15) is 24.0 Å². The summed E-state index contributed by atoms with van der Waals surface area (Å²) in [6, 6.07) is 5.71. The summed E-state index contributed by atoms with van der Waals surface area (Å²) < 4.78 is 29.6. The number of anilines is 1. The van der Waals surface area contributed by atoms with Crippen molar-refractivity contribution < 1.29 is 13.0 Å². The number of hydrogen-bond acceptors (Lipinski definition) is 3. The Morgan fingerprint density at radius 2 is 1.83 bits per heavy atom. The summed E-state index contributed by atoms with van der Waals surface area (Å²) in [4.78, 5) is 0. The van der Waals surface area contributed by atoms with Crippen molar-refractivity contribution in [3.05, 3.63) is 29.3 Å². The molecule has 0 aromatic heterocycles. The fraction of sp³-hybridized carbons (Fsp3) is 0.455. The summed E-state index contributed by atoms with van der Waals surface area (Å²) in [5.41, 5.74) is 8.75. The molecular weight excluding hydrogens is 272 g/mol. The van der Waals surface area contributed by atoms with Gasteiger partial charge in [-0.3, -0.25) is 4.55 Å². The molecule has 0 amide bonds. The quantitative estimate of drug-likeness (QED) is 0.358. The Labute approximate surface area is 153 Å².